The summed E-state index contributed by atoms with van der Waals surface area (Å²) in [5.41, 5.74) is 4.48. The van der Waals surface area contributed by atoms with Gasteiger partial charge in [-0.05, 0) is 84.1 Å². The lowest BCUT2D eigenvalue weighted by Gasteiger charge is -2.27. The monoisotopic (exact) mass is 958 g/mol. The Morgan fingerprint density at radius 3 is 2.42 bits per heavy atom. The first-order chi connectivity index (χ1) is 29.8. The maximum Gasteiger partial charge on any atom is 0.255 e. The van der Waals surface area contributed by atoms with Crippen LogP contribution in [0.2, 0.25) is 0 Å². The maximum absolute atomic E-state index is 13.9. The van der Waals surface area contributed by atoms with E-state index in [9.17, 15) is 17.6 Å². The number of fused-ring (bicyclic) bond motifs is 3. The molecule has 0 radical (unpaired) electrons. The summed E-state index contributed by atoms with van der Waals surface area (Å²) in [4.78, 5) is 37.7. The van der Waals surface area contributed by atoms with E-state index < -0.39 is 21.7 Å². The minimum absolute atomic E-state index is 0.211. The van der Waals surface area contributed by atoms with Gasteiger partial charge in [0.15, 0.2) is 0 Å². The van der Waals surface area contributed by atoms with E-state index in [0.29, 0.717) is 51.0 Å². The predicted octanol–water partition coefficient (Wildman–Crippen LogP) is 8.79. The Hall–Kier alpha value is -5.63. The fourth-order valence-electron chi connectivity index (χ4n) is 7.77. The zero-order valence-corrected chi connectivity index (χ0v) is 38.3. The second kappa shape index (κ2) is 16.6. The highest BCUT2D eigenvalue weighted by Gasteiger charge is 2.29. The summed E-state index contributed by atoms with van der Waals surface area (Å²) >= 11 is 7.01. The van der Waals surface area contributed by atoms with Crippen LogP contribution in [0.1, 0.15) is 38.6 Å². The summed E-state index contributed by atoms with van der Waals surface area (Å²) in [6.45, 7) is 2.14. The second-order valence-corrected chi connectivity index (χ2v) is 19.9. The average Bonchev–Trinajstić information content (AvgIpc) is 4.01. The van der Waals surface area contributed by atoms with Crippen molar-refractivity contribution in [3.63, 3.8) is 0 Å². The number of rotatable bonds is 11. The molecule has 0 spiro atoms. The van der Waals surface area contributed by atoms with E-state index in [0.717, 1.165) is 86.6 Å². The van der Waals surface area contributed by atoms with Crippen molar-refractivity contribution in [3.05, 3.63) is 86.0 Å². The number of hydrogen-bond acceptors (Lipinski definition) is 14. The van der Waals surface area contributed by atoms with Crippen LogP contribution in [0.3, 0.4) is 0 Å². The normalized spacial score (nSPS) is 13.7. The summed E-state index contributed by atoms with van der Waals surface area (Å²) in [7, 11) is 2.33. The van der Waals surface area contributed by atoms with Crippen LogP contribution < -0.4 is 29.3 Å². The molecule has 0 fully saturated rings. The molecule has 320 valence electrons. The number of carbonyl (C=O) groups excluding carboxylic acids is 1. The summed E-state index contributed by atoms with van der Waals surface area (Å²) in [6, 6.07) is 12.8. The van der Waals surface area contributed by atoms with E-state index >= 15 is 0 Å². The molecule has 19 heteroatoms. The van der Waals surface area contributed by atoms with Gasteiger partial charge >= 0.3 is 0 Å². The number of sulfonamides is 1. The number of nitrogens with one attached hydrogen (secondary N) is 2. The first-order valence-electron chi connectivity index (χ1n) is 19.6. The molecule has 7 aromatic rings. The number of amides is 1. The van der Waals surface area contributed by atoms with Gasteiger partial charge < -0.3 is 29.4 Å². The molecule has 0 atom stereocenters. The van der Waals surface area contributed by atoms with Crippen molar-refractivity contribution in [1.29, 1.82) is 0 Å². The zero-order chi connectivity index (χ0) is 43.4. The number of pyridine rings is 2. The number of hydrogen-bond donors (Lipinski definition) is 2. The van der Waals surface area contributed by atoms with E-state index in [-0.39, 0.29) is 22.6 Å². The number of aryl methyl sites for hydroxylation is 2. The Labute approximate surface area is 373 Å². The number of methoxy groups -OCH3 is 2. The SMILES string of the molecule is CNC(=O)c1c(-c2ccc(F)cc2)oc2cc(N(C)S(C)(=O)=O)c(-c3cnc(OC)c(-c4nc5c(s4)CCCN5Cc4nc(OC)c(-c5nc6c(s5)CCCN6)cc4Br)c3)cc12. The van der Waals surface area contributed by atoms with E-state index in [1.165, 1.54) is 50.3 Å². The highest BCUT2D eigenvalue weighted by Crippen LogP contribution is 2.46. The summed E-state index contributed by atoms with van der Waals surface area (Å²) in [6.07, 6.45) is 6.52. The molecule has 0 saturated heterocycles. The third kappa shape index (κ3) is 7.64. The van der Waals surface area contributed by atoms with Gasteiger partial charge in [-0.25, -0.2) is 32.7 Å². The van der Waals surface area contributed by atoms with E-state index in [4.69, 9.17) is 33.8 Å². The highest BCUT2D eigenvalue weighted by atomic mass is 79.9. The molecule has 2 aromatic carbocycles. The molecule has 0 bridgehead atoms. The minimum Gasteiger partial charge on any atom is -0.480 e. The molecule has 9 rings (SSSR count). The number of thiazole rings is 2. The Bertz CT molecular complexity index is 2980. The zero-order valence-electron chi connectivity index (χ0n) is 34.3. The lowest BCUT2D eigenvalue weighted by atomic mass is 9.98. The second-order valence-electron chi connectivity index (χ2n) is 14.9. The van der Waals surface area contributed by atoms with Crippen LogP contribution in [0.4, 0.5) is 21.7 Å². The van der Waals surface area contributed by atoms with Crippen molar-refractivity contribution < 1.29 is 31.5 Å². The number of benzene rings is 2. The van der Waals surface area contributed by atoms with Crippen molar-refractivity contribution >= 4 is 82.8 Å². The van der Waals surface area contributed by atoms with Gasteiger partial charge in [-0.15, -0.1) is 22.7 Å². The van der Waals surface area contributed by atoms with Crippen molar-refractivity contribution in [1.82, 2.24) is 25.3 Å². The van der Waals surface area contributed by atoms with Crippen LogP contribution in [-0.2, 0) is 29.4 Å². The topological polar surface area (TPSA) is 165 Å². The molecular formula is C43H40BrFN8O6S3. The Balaban J connectivity index is 1.11. The van der Waals surface area contributed by atoms with Gasteiger partial charge in [0.2, 0.25) is 21.8 Å². The quantitative estimate of drug-likeness (QED) is 0.127. The number of ether oxygens (including phenoxy) is 2. The standard InChI is InChI=1S/C43H40BrFN8O6S3/c1-46-39(54)35-26-17-25(31(52(2)62(5,55)56)19-32(26)59-36(35)22-10-12-24(45)13-11-22)23-16-27(40(57-3)48-20-23)43-51-38-34(61-43)9-7-15-53(38)21-30-29(44)18-28(41(49-30)58-4)42-50-37-33(60-42)8-6-14-47-37/h10-13,16-20,47H,6-9,14-15,21H2,1-5H3,(H,46,54). The van der Waals surface area contributed by atoms with Gasteiger partial charge in [0.25, 0.3) is 5.91 Å². The van der Waals surface area contributed by atoms with E-state index in [2.05, 4.69) is 31.5 Å². The first-order valence-corrected chi connectivity index (χ1v) is 23.9. The molecule has 2 N–H and O–H groups in total. The maximum atomic E-state index is 13.9. The Morgan fingerprint density at radius 1 is 0.968 bits per heavy atom. The molecule has 0 aliphatic carbocycles. The number of nitrogens with zero attached hydrogens (tertiary/aromatic N) is 6. The molecule has 2 aliphatic rings. The highest BCUT2D eigenvalue weighted by molar-refractivity contribution is 9.10. The summed E-state index contributed by atoms with van der Waals surface area (Å²) < 4.78 is 60.0. The van der Waals surface area contributed by atoms with Crippen molar-refractivity contribution in [2.45, 2.75) is 32.2 Å². The number of anilines is 3. The molecule has 7 heterocycles. The van der Waals surface area contributed by atoms with Crippen molar-refractivity contribution in [2.75, 3.05) is 62.2 Å². The van der Waals surface area contributed by atoms with Crippen molar-refractivity contribution in [3.8, 4) is 55.4 Å². The van der Waals surface area contributed by atoms with Crippen LogP contribution in [-0.4, -0.2) is 81.9 Å². The number of furan rings is 1. The molecule has 14 nitrogen and oxygen atoms in total. The fourth-order valence-corrected chi connectivity index (χ4v) is 10.9. The first kappa shape index (κ1) is 41.7. The molecule has 5 aromatic heterocycles. The fraction of sp³-hybridized carbons (Fsp3) is 0.279. The van der Waals surface area contributed by atoms with Gasteiger partial charge in [0, 0.05) is 75.8 Å². The molecule has 62 heavy (non-hydrogen) atoms. The number of aromatic nitrogens is 4. The summed E-state index contributed by atoms with van der Waals surface area (Å²) in [5, 5.41) is 8.03. The Morgan fingerprint density at radius 2 is 1.69 bits per heavy atom. The molecule has 0 saturated carbocycles. The Kier molecular flexibility index (Phi) is 11.2. The molecule has 2 aliphatic heterocycles. The molecular weight excluding hydrogens is 920 g/mol. The van der Waals surface area contributed by atoms with Gasteiger partial charge in [0.1, 0.15) is 38.8 Å². The number of carbonyl (C=O) groups is 1. The van der Waals surface area contributed by atoms with E-state index in [1.807, 2.05) is 12.1 Å². The van der Waals surface area contributed by atoms with Gasteiger partial charge in [0.05, 0.1) is 55.1 Å². The lowest BCUT2D eigenvalue weighted by Crippen LogP contribution is -2.29. The average molecular weight is 960 g/mol. The van der Waals surface area contributed by atoms with Gasteiger partial charge in [-0.2, -0.15) is 0 Å². The van der Waals surface area contributed by atoms with Crippen LogP contribution in [0.25, 0.3) is 54.6 Å². The third-order valence-electron chi connectivity index (χ3n) is 10.9. The van der Waals surface area contributed by atoms with Crippen LogP contribution >= 0.6 is 38.6 Å². The minimum atomic E-state index is -3.78. The largest absolute Gasteiger partial charge is 0.480 e. The number of halogens is 2. The van der Waals surface area contributed by atoms with Crippen LogP contribution in [0.15, 0.2) is 63.6 Å². The predicted molar refractivity (Wildman–Crippen MR) is 245 cm³/mol. The summed E-state index contributed by atoms with van der Waals surface area (Å²) in [5.74, 6) is 1.94. The lowest BCUT2D eigenvalue weighted by molar-refractivity contribution is 0.0964. The molecule has 1 amide bonds. The van der Waals surface area contributed by atoms with Crippen molar-refractivity contribution in [2.24, 2.45) is 0 Å². The third-order valence-corrected chi connectivity index (χ3v) is 15.1. The van der Waals surface area contributed by atoms with Crippen LogP contribution in [0.5, 0.6) is 11.8 Å². The van der Waals surface area contributed by atoms with Gasteiger partial charge in [-0.1, -0.05) is 0 Å². The van der Waals surface area contributed by atoms with Crippen LogP contribution in [0, 0.1) is 5.82 Å². The van der Waals surface area contributed by atoms with Gasteiger partial charge in [-0.3, -0.25) is 9.10 Å². The van der Waals surface area contributed by atoms with E-state index in [1.54, 1.807) is 48.1 Å². The smallest absolute Gasteiger partial charge is 0.255 e. The molecule has 0 unspecified atom stereocenters.